The Morgan fingerprint density at radius 1 is 0.971 bits per heavy atom. The van der Waals surface area contributed by atoms with Gasteiger partial charge in [-0.05, 0) is 84.9 Å². The molecule has 3 fully saturated rings. The van der Waals surface area contributed by atoms with Crippen molar-refractivity contribution in [2.75, 3.05) is 0 Å². The molecule has 35 heavy (non-hydrogen) atoms. The minimum atomic E-state index is -0.573. The van der Waals surface area contributed by atoms with Crippen molar-refractivity contribution >= 4 is 11.6 Å². The molecule has 0 radical (unpaired) electrons. The average Bonchev–Trinajstić information content (AvgIpc) is 2.74. The molecule has 194 valence electrons. The van der Waals surface area contributed by atoms with Gasteiger partial charge in [0.15, 0.2) is 5.78 Å². The highest BCUT2D eigenvalue weighted by Crippen LogP contribution is 2.67. The molecular weight excluding hydrogens is 432 g/mol. The summed E-state index contributed by atoms with van der Waals surface area (Å²) in [6.45, 7) is 17.9. The summed E-state index contributed by atoms with van der Waals surface area (Å²) in [5, 5.41) is 9.55. The molecule has 3 saturated carbocycles. The van der Waals surface area contributed by atoms with Gasteiger partial charge in [0, 0.05) is 23.3 Å². The predicted molar refractivity (Wildman–Crippen MR) is 140 cm³/mol. The standard InChI is InChI=1S/C31H48N2O2/c1-26(2)13-15-31(33)16-14-30(8)24(21(31)18-26)22(34)9-11-29(30,7)12-10-23-27(3,4)17-20(19-32)25(35)28(23,5)6/h17,21,23-24H,9-16,18,33H2,1-8H3/t21?,23-,24?,29+,30-,31+/m1/s1. The minimum Gasteiger partial charge on any atom is -0.325 e. The first-order valence-corrected chi connectivity index (χ1v) is 13.9. The molecule has 0 aromatic carbocycles. The van der Waals surface area contributed by atoms with E-state index in [0.717, 1.165) is 51.4 Å². The van der Waals surface area contributed by atoms with Gasteiger partial charge in [-0.25, -0.2) is 0 Å². The molecule has 6 atom stereocenters. The molecule has 0 saturated heterocycles. The number of allylic oxidation sites excluding steroid dienone is 2. The highest BCUT2D eigenvalue weighted by atomic mass is 16.1. The van der Waals surface area contributed by atoms with Crippen LogP contribution in [0.5, 0.6) is 0 Å². The molecule has 2 unspecified atom stereocenters. The molecule has 4 aliphatic carbocycles. The number of nitriles is 1. The van der Waals surface area contributed by atoms with Crippen molar-refractivity contribution < 1.29 is 9.59 Å². The Balaban J connectivity index is 1.65. The van der Waals surface area contributed by atoms with E-state index in [2.05, 4.69) is 47.6 Å². The number of carbonyl (C=O) groups is 2. The summed E-state index contributed by atoms with van der Waals surface area (Å²) < 4.78 is 0. The monoisotopic (exact) mass is 480 g/mol. The lowest BCUT2D eigenvalue weighted by Gasteiger charge is -2.65. The number of hydrogen-bond donors (Lipinski definition) is 1. The van der Waals surface area contributed by atoms with E-state index in [9.17, 15) is 14.9 Å². The first-order chi connectivity index (χ1) is 15.9. The Bertz CT molecular complexity index is 998. The number of ketones is 2. The second kappa shape index (κ2) is 8.01. The number of hydrogen-bond acceptors (Lipinski definition) is 4. The number of nitrogens with zero attached hydrogens (tertiary/aromatic N) is 1. The summed E-state index contributed by atoms with van der Waals surface area (Å²) in [6.07, 6.45) is 10.7. The second-order valence-corrected chi connectivity index (χ2v) is 15.3. The van der Waals surface area contributed by atoms with Gasteiger partial charge in [-0.1, -0.05) is 61.5 Å². The van der Waals surface area contributed by atoms with Crippen molar-refractivity contribution in [1.29, 1.82) is 5.26 Å². The van der Waals surface area contributed by atoms with Crippen LogP contribution in [0.1, 0.15) is 113 Å². The van der Waals surface area contributed by atoms with Gasteiger partial charge in [-0.15, -0.1) is 0 Å². The maximum Gasteiger partial charge on any atom is 0.178 e. The molecular formula is C31H48N2O2. The molecule has 0 aromatic rings. The predicted octanol–water partition coefficient (Wildman–Crippen LogP) is 6.78. The zero-order valence-corrected chi connectivity index (χ0v) is 23.5. The van der Waals surface area contributed by atoms with Gasteiger partial charge < -0.3 is 5.73 Å². The Morgan fingerprint density at radius 2 is 1.60 bits per heavy atom. The molecule has 0 amide bonds. The van der Waals surface area contributed by atoms with E-state index < -0.39 is 5.41 Å². The van der Waals surface area contributed by atoms with E-state index in [4.69, 9.17) is 5.73 Å². The van der Waals surface area contributed by atoms with Crippen LogP contribution in [0, 0.1) is 56.2 Å². The molecule has 2 N–H and O–H groups in total. The van der Waals surface area contributed by atoms with E-state index in [1.807, 2.05) is 19.9 Å². The van der Waals surface area contributed by atoms with Gasteiger partial charge in [0.1, 0.15) is 11.9 Å². The minimum absolute atomic E-state index is 0.0209. The average molecular weight is 481 g/mol. The fourth-order valence-electron chi connectivity index (χ4n) is 9.27. The number of nitrogens with two attached hydrogens (primary N) is 1. The van der Waals surface area contributed by atoms with Crippen LogP contribution in [-0.2, 0) is 9.59 Å². The van der Waals surface area contributed by atoms with Crippen molar-refractivity contribution in [2.24, 2.45) is 50.6 Å². The quantitative estimate of drug-likeness (QED) is 0.482. The van der Waals surface area contributed by atoms with Crippen LogP contribution >= 0.6 is 0 Å². The first-order valence-electron chi connectivity index (χ1n) is 13.9. The van der Waals surface area contributed by atoms with Crippen LogP contribution < -0.4 is 5.73 Å². The number of fused-ring (bicyclic) bond motifs is 3. The molecule has 0 spiro atoms. The molecule has 0 heterocycles. The lowest BCUT2D eigenvalue weighted by molar-refractivity contribution is -0.168. The molecule has 0 aromatic heterocycles. The summed E-state index contributed by atoms with van der Waals surface area (Å²) in [4.78, 5) is 26.8. The maximum absolute atomic E-state index is 13.6. The fourth-order valence-corrected chi connectivity index (χ4v) is 9.27. The first kappa shape index (κ1) is 26.6. The summed E-state index contributed by atoms with van der Waals surface area (Å²) in [7, 11) is 0. The number of carbonyl (C=O) groups excluding carboxylic acids is 2. The van der Waals surface area contributed by atoms with Gasteiger partial charge in [-0.3, -0.25) is 9.59 Å². The van der Waals surface area contributed by atoms with Crippen LogP contribution in [0.15, 0.2) is 11.6 Å². The third kappa shape index (κ3) is 3.96. The Morgan fingerprint density at radius 3 is 2.23 bits per heavy atom. The van der Waals surface area contributed by atoms with Crippen LogP contribution in [0.3, 0.4) is 0 Å². The summed E-state index contributed by atoms with van der Waals surface area (Å²) >= 11 is 0. The Hall–Kier alpha value is -1.47. The van der Waals surface area contributed by atoms with Crippen LogP contribution in [0.2, 0.25) is 0 Å². The molecule has 4 nitrogen and oxygen atoms in total. The largest absolute Gasteiger partial charge is 0.325 e. The lowest BCUT2D eigenvalue weighted by atomic mass is 9.40. The second-order valence-electron chi connectivity index (χ2n) is 15.3. The van der Waals surface area contributed by atoms with Crippen molar-refractivity contribution in [3.05, 3.63) is 11.6 Å². The normalized spacial score (nSPS) is 44.0. The summed E-state index contributed by atoms with van der Waals surface area (Å²) in [5.74, 6) is 0.882. The van der Waals surface area contributed by atoms with E-state index in [1.165, 1.54) is 0 Å². The van der Waals surface area contributed by atoms with Gasteiger partial charge in [0.25, 0.3) is 0 Å². The molecule has 0 aliphatic heterocycles. The van der Waals surface area contributed by atoms with Gasteiger partial charge >= 0.3 is 0 Å². The molecule has 4 rings (SSSR count). The molecule has 4 aliphatic rings. The van der Waals surface area contributed by atoms with Crippen molar-refractivity contribution in [2.45, 2.75) is 119 Å². The zero-order chi connectivity index (χ0) is 26.2. The van der Waals surface area contributed by atoms with E-state index in [0.29, 0.717) is 17.8 Å². The third-order valence-corrected chi connectivity index (χ3v) is 11.8. The van der Waals surface area contributed by atoms with E-state index >= 15 is 0 Å². The van der Waals surface area contributed by atoms with Gasteiger partial charge in [0.05, 0.1) is 5.57 Å². The Kier molecular flexibility index (Phi) is 6.09. The number of rotatable bonds is 3. The maximum atomic E-state index is 13.6. The topological polar surface area (TPSA) is 83.9 Å². The van der Waals surface area contributed by atoms with Crippen LogP contribution in [-0.4, -0.2) is 17.1 Å². The fraction of sp³-hybridized carbons (Fsp3) is 0.839. The third-order valence-electron chi connectivity index (χ3n) is 11.8. The summed E-state index contributed by atoms with van der Waals surface area (Å²) in [6, 6.07) is 2.15. The van der Waals surface area contributed by atoms with Crippen LogP contribution in [0.4, 0.5) is 0 Å². The lowest BCUT2D eigenvalue weighted by Crippen LogP contribution is -2.66. The highest BCUT2D eigenvalue weighted by Gasteiger charge is 2.64. The number of Topliss-reactive ketones (excluding diaryl/α,β-unsaturated/α-hetero) is 2. The van der Waals surface area contributed by atoms with Crippen LogP contribution in [0.25, 0.3) is 0 Å². The van der Waals surface area contributed by atoms with Gasteiger partial charge in [0.2, 0.25) is 0 Å². The van der Waals surface area contributed by atoms with E-state index in [1.54, 1.807) is 0 Å². The highest BCUT2D eigenvalue weighted by molar-refractivity contribution is 6.04. The Labute approximate surface area is 213 Å². The SMILES string of the molecule is CC1(C)CC[C@]2(N)CC[C@]3(C)C(C(=O)CC[C@@]3(C)CC[C@@H]3C(C)(C)C=C(C#N)C(=O)C3(C)C)C2C1. The molecule has 4 heteroatoms. The van der Waals surface area contributed by atoms with E-state index in [-0.39, 0.29) is 50.7 Å². The molecule has 0 bridgehead atoms. The zero-order valence-electron chi connectivity index (χ0n) is 23.5. The summed E-state index contributed by atoms with van der Waals surface area (Å²) in [5.41, 5.74) is 6.59. The van der Waals surface area contributed by atoms with Crippen molar-refractivity contribution in [1.82, 2.24) is 0 Å². The van der Waals surface area contributed by atoms with Crippen molar-refractivity contribution in [3.8, 4) is 6.07 Å². The smallest absolute Gasteiger partial charge is 0.178 e. The van der Waals surface area contributed by atoms with Gasteiger partial charge in [-0.2, -0.15) is 5.26 Å². The van der Waals surface area contributed by atoms with Crippen molar-refractivity contribution in [3.63, 3.8) is 0 Å².